The van der Waals surface area contributed by atoms with Crippen molar-refractivity contribution in [3.8, 4) is 17.4 Å². The van der Waals surface area contributed by atoms with Crippen LogP contribution in [0.4, 0.5) is 0 Å². The maximum Gasteiger partial charge on any atom is 0.219 e. The molecule has 0 amide bonds. The molecule has 0 aliphatic carbocycles. The molecule has 7 heteroatoms. The average Bonchev–Trinajstić information content (AvgIpc) is 3.17. The summed E-state index contributed by atoms with van der Waals surface area (Å²) < 4.78 is 17.1. The standard InChI is InChI=1S/C22H30N4O3/c1-4-27-18-6-8-19(9-7-18)29-20-14-17(10-12-24-20)15-25-21(23-3)26-16-22(2)11-5-13-28-22/h6-10,12,14H,4-5,11,13,15-16H2,1-3H3,(H2,23,25,26). The van der Waals surface area contributed by atoms with E-state index in [1.54, 1.807) is 13.2 Å². The van der Waals surface area contributed by atoms with Gasteiger partial charge in [-0.25, -0.2) is 4.98 Å². The Balaban J connectivity index is 1.52. The first-order chi connectivity index (χ1) is 14.1. The maximum atomic E-state index is 5.86. The third-order valence-electron chi connectivity index (χ3n) is 4.77. The largest absolute Gasteiger partial charge is 0.494 e. The summed E-state index contributed by atoms with van der Waals surface area (Å²) in [6.07, 6.45) is 3.91. The lowest BCUT2D eigenvalue weighted by atomic mass is 10.0. The molecular weight excluding hydrogens is 368 g/mol. The van der Waals surface area contributed by atoms with Gasteiger partial charge in [-0.3, -0.25) is 4.99 Å². The van der Waals surface area contributed by atoms with E-state index in [0.29, 0.717) is 24.8 Å². The lowest BCUT2D eigenvalue weighted by Crippen LogP contribution is -2.45. The fourth-order valence-electron chi connectivity index (χ4n) is 3.16. The number of rotatable bonds is 8. The normalized spacial score (nSPS) is 19.1. The highest BCUT2D eigenvalue weighted by atomic mass is 16.5. The van der Waals surface area contributed by atoms with E-state index in [9.17, 15) is 0 Å². The van der Waals surface area contributed by atoms with Crippen LogP contribution in [0.3, 0.4) is 0 Å². The number of nitrogens with zero attached hydrogens (tertiary/aromatic N) is 2. The van der Waals surface area contributed by atoms with Crippen LogP contribution in [0.1, 0.15) is 32.3 Å². The minimum Gasteiger partial charge on any atom is -0.494 e. The number of aliphatic imine (C=N–C) groups is 1. The van der Waals surface area contributed by atoms with E-state index in [0.717, 1.165) is 43.3 Å². The van der Waals surface area contributed by atoms with Crippen molar-refractivity contribution in [2.45, 2.75) is 38.8 Å². The number of ether oxygens (including phenoxy) is 3. The number of aromatic nitrogens is 1. The van der Waals surface area contributed by atoms with Gasteiger partial charge in [0.2, 0.25) is 5.88 Å². The molecule has 1 fully saturated rings. The molecule has 7 nitrogen and oxygen atoms in total. The van der Waals surface area contributed by atoms with E-state index in [4.69, 9.17) is 14.2 Å². The van der Waals surface area contributed by atoms with E-state index in [-0.39, 0.29) is 5.60 Å². The predicted molar refractivity (Wildman–Crippen MR) is 114 cm³/mol. The van der Waals surface area contributed by atoms with Crippen LogP contribution in [0.5, 0.6) is 17.4 Å². The molecule has 2 aromatic rings. The van der Waals surface area contributed by atoms with Gasteiger partial charge in [0.05, 0.1) is 12.2 Å². The zero-order valence-corrected chi connectivity index (χ0v) is 17.4. The minimum absolute atomic E-state index is 0.118. The van der Waals surface area contributed by atoms with Crippen molar-refractivity contribution in [2.75, 3.05) is 26.8 Å². The summed E-state index contributed by atoms with van der Waals surface area (Å²) in [5.74, 6) is 2.82. The van der Waals surface area contributed by atoms with Gasteiger partial charge >= 0.3 is 0 Å². The van der Waals surface area contributed by atoms with Crippen molar-refractivity contribution in [1.82, 2.24) is 15.6 Å². The van der Waals surface area contributed by atoms with E-state index >= 15 is 0 Å². The highest BCUT2D eigenvalue weighted by Crippen LogP contribution is 2.24. The van der Waals surface area contributed by atoms with Gasteiger partial charge in [-0.1, -0.05) is 0 Å². The Bertz CT molecular complexity index is 802. The van der Waals surface area contributed by atoms with Crippen LogP contribution in [0.15, 0.2) is 47.6 Å². The van der Waals surface area contributed by atoms with Crippen molar-refractivity contribution in [1.29, 1.82) is 0 Å². The molecule has 1 aromatic heterocycles. The lowest BCUT2D eigenvalue weighted by Gasteiger charge is -2.24. The van der Waals surface area contributed by atoms with E-state index in [1.165, 1.54) is 0 Å². The molecule has 156 valence electrons. The number of hydrogen-bond acceptors (Lipinski definition) is 5. The molecule has 1 aromatic carbocycles. The molecule has 0 radical (unpaired) electrons. The molecule has 1 atom stereocenters. The topological polar surface area (TPSA) is 77.0 Å². The Kier molecular flexibility index (Phi) is 7.30. The van der Waals surface area contributed by atoms with Gasteiger partial charge in [0.15, 0.2) is 5.96 Å². The number of pyridine rings is 1. The summed E-state index contributed by atoms with van der Waals surface area (Å²) in [6.45, 7) is 6.91. The van der Waals surface area contributed by atoms with Crippen molar-refractivity contribution in [2.24, 2.45) is 4.99 Å². The molecule has 3 rings (SSSR count). The van der Waals surface area contributed by atoms with Crippen LogP contribution in [0.25, 0.3) is 0 Å². The smallest absolute Gasteiger partial charge is 0.219 e. The summed E-state index contributed by atoms with van der Waals surface area (Å²) in [5.41, 5.74) is 0.930. The molecule has 29 heavy (non-hydrogen) atoms. The van der Waals surface area contributed by atoms with Crippen LogP contribution in [0, 0.1) is 0 Å². The highest BCUT2D eigenvalue weighted by molar-refractivity contribution is 5.79. The Hall–Kier alpha value is -2.80. The first kappa shape index (κ1) is 20.9. The van der Waals surface area contributed by atoms with Crippen molar-refractivity contribution < 1.29 is 14.2 Å². The van der Waals surface area contributed by atoms with Crippen LogP contribution in [0.2, 0.25) is 0 Å². The van der Waals surface area contributed by atoms with Gasteiger partial charge in [0, 0.05) is 39.0 Å². The molecule has 1 unspecified atom stereocenters. The summed E-state index contributed by atoms with van der Waals surface area (Å²) in [5, 5.41) is 6.67. The van der Waals surface area contributed by atoms with Gasteiger partial charge in [0.25, 0.3) is 0 Å². The SMILES string of the molecule is CCOc1ccc(Oc2cc(CNC(=NC)NCC3(C)CCCO3)ccn2)cc1. The third kappa shape index (κ3) is 6.35. The number of hydrogen-bond donors (Lipinski definition) is 2. The second kappa shape index (κ2) is 10.1. The van der Waals surface area contributed by atoms with Crippen LogP contribution < -0.4 is 20.1 Å². The van der Waals surface area contributed by atoms with Gasteiger partial charge in [0.1, 0.15) is 11.5 Å². The Morgan fingerprint density at radius 3 is 2.69 bits per heavy atom. The molecule has 1 saturated heterocycles. The molecule has 0 spiro atoms. The molecule has 1 aliphatic heterocycles. The van der Waals surface area contributed by atoms with E-state index in [1.807, 2.05) is 43.3 Å². The minimum atomic E-state index is -0.118. The molecule has 2 N–H and O–H groups in total. The Labute approximate surface area is 172 Å². The summed E-state index contributed by atoms with van der Waals surface area (Å²) in [4.78, 5) is 8.58. The molecule has 2 heterocycles. The molecule has 1 aliphatic rings. The fraction of sp³-hybridized carbons (Fsp3) is 0.455. The zero-order chi connectivity index (χ0) is 20.5. The van der Waals surface area contributed by atoms with Crippen molar-refractivity contribution in [3.63, 3.8) is 0 Å². The summed E-state index contributed by atoms with van der Waals surface area (Å²) in [6, 6.07) is 11.4. The van der Waals surface area contributed by atoms with Crippen LogP contribution >= 0.6 is 0 Å². The van der Waals surface area contributed by atoms with Gasteiger partial charge in [-0.2, -0.15) is 0 Å². The number of nitrogens with one attached hydrogen (secondary N) is 2. The number of benzene rings is 1. The highest BCUT2D eigenvalue weighted by Gasteiger charge is 2.29. The van der Waals surface area contributed by atoms with Gasteiger partial charge < -0.3 is 24.8 Å². The van der Waals surface area contributed by atoms with Crippen LogP contribution in [-0.2, 0) is 11.3 Å². The molecular formula is C22H30N4O3. The second-order valence-corrected chi connectivity index (χ2v) is 7.19. The molecule has 0 saturated carbocycles. The van der Waals surface area contributed by atoms with Gasteiger partial charge in [-0.05, 0) is 62.6 Å². The number of guanidine groups is 1. The third-order valence-corrected chi connectivity index (χ3v) is 4.77. The quantitative estimate of drug-likeness (QED) is 0.523. The monoisotopic (exact) mass is 398 g/mol. The summed E-state index contributed by atoms with van der Waals surface area (Å²) >= 11 is 0. The maximum absolute atomic E-state index is 5.86. The molecule has 0 bridgehead atoms. The Morgan fingerprint density at radius 1 is 1.21 bits per heavy atom. The van der Waals surface area contributed by atoms with Gasteiger partial charge in [-0.15, -0.1) is 0 Å². The lowest BCUT2D eigenvalue weighted by molar-refractivity contribution is 0.0243. The average molecular weight is 399 g/mol. The van der Waals surface area contributed by atoms with Crippen molar-refractivity contribution in [3.05, 3.63) is 48.2 Å². The van der Waals surface area contributed by atoms with Crippen LogP contribution in [-0.4, -0.2) is 43.4 Å². The Morgan fingerprint density at radius 2 is 2.00 bits per heavy atom. The second-order valence-electron chi connectivity index (χ2n) is 7.19. The van der Waals surface area contributed by atoms with E-state index in [2.05, 4.69) is 27.5 Å². The summed E-state index contributed by atoms with van der Waals surface area (Å²) in [7, 11) is 1.76. The fourth-order valence-corrected chi connectivity index (χ4v) is 3.16. The first-order valence-corrected chi connectivity index (χ1v) is 10.0. The predicted octanol–water partition coefficient (Wildman–Crippen LogP) is 3.51. The van der Waals surface area contributed by atoms with E-state index < -0.39 is 0 Å². The van der Waals surface area contributed by atoms with Crippen molar-refractivity contribution >= 4 is 5.96 Å². The zero-order valence-electron chi connectivity index (χ0n) is 17.4. The first-order valence-electron chi connectivity index (χ1n) is 10.0.